The van der Waals surface area contributed by atoms with E-state index in [1.165, 1.54) is 31.4 Å². The van der Waals surface area contributed by atoms with Gasteiger partial charge in [0.25, 0.3) is 0 Å². The summed E-state index contributed by atoms with van der Waals surface area (Å²) in [5.74, 6) is -1.12. The zero-order valence-electron chi connectivity index (χ0n) is 12.9. The number of likely N-dealkylation sites (tertiary alicyclic amines) is 1. The fourth-order valence-corrected chi connectivity index (χ4v) is 3.62. The van der Waals surface area contributed by atoms with E-state index in [1.807, 2.05) is 0 Å². The molecule has 2 aliphatic heterocycles. The minimum atomic E-state index is -3.00. The summed E-state index contributed by atoms with van der Waals surface area (Å²) in [6, 6.07) is 4.24. The second-order valence-electron chi connectivity index (χ2n) is 6.35. The smallest absolute Gasteiger partial charge is 0.387 e. The fourth-order valence-electron chi connectivity index (χ4n) is 3.62. The van der Waals surface area contributed by atoms with Crippen molar-refractivity contribution in [3.63, 3.8) is 0 Å². The second-order valence-corrected chi connectivity index (χ2v) is 6.35. The number of benzene rings is 1. The van der Waals surface area contributed by atoms with Crippen LogP contribution in [0.2, 0.25) is 0 Å². The lowest BCUT2D eigenvalue weighted by molar-refractivity contribution is -0.0522. The van der Waals surface area contributed by atoms with E-state index in [0.29, 0.717) is 12.0 Å². The number of halogens is 4. The highest BCUT2D eigenvalue weighted by Gasteiger charge is 2.38. The van der Waals surface area contributed by atoms with Gasteiger partial charge in [0.05, 0.1) is 0 Å². The molecule has 1 aromatic carbocycles. The van der Waals surface area contributed by atoms with Gasteiger partial charge in [-0.05, 0) is 62.0 Å². The van der Waals surface area contributed by atoms with Crippen LogP contribution in [0, 0.1) is 11.2 Å². The molecular weight excluding hydrogens is 329 g/mol. The predicted molar refractivity (Wildman–Crippen MR) is 84.7 cm³/mol. The Hall–Kier alpha value is -0.980. The van der Waals surface area contributed by atoms with E-state index in [2.05, 4.69) is 15.0 Å². The minimum Gasteiger partial charge on any atom is -0.432 e. The van der Waals surface area contributed by atoms with Gasteiger partial charge in [0.2, 0.25) is 0 Å². The topological polar surface area (TPSA) is 24.5 Å². The monoisotopic (exact) mass is 350 g/mol. The molecule has 3 nitrogen and oxygen atoms in total. The fraction of sp³-hybridized carbons (Fsp3) is 0.625. The normalized spacial score (nSPS) is 20.7. The summed E-state index contributed by atoms with van der Waals surface area (Å²) >= 11 is 0. The molecule has 7 heteroatoms. The molecule has 2 saturated heterocycles. The molecule has 0 aliphatic carbocycles. The molecule has 1 spiro atoms. The van der Waals surface area contributed by atoms with Crippen LogP contribution in [-0.4, -0.2) is 37.7 Å². The van der Waals surface area contributed by atoms with Gasteiger partial charge in [-0.1, -0.05) is 6.07 Å². The number of hydrogen-bond donors (Lipinski definition) is 1. The molecule has 0 amide bonds. The maximum Gasteiger partial charge on any atom is 0.387 e. The number of piperidine rings is 1. The molecule has 3 rings (SSSR count). The third-order valence-corrected chi connectivity index (χ3v) is 4.80. The molecule has 2 fully saturated rings. The molecule has 23 heavy (non-hydrogen) atoms. The van der Waals surface area contributed by atoms with Gasteiger partial charge in [0.1, 0.15) is 0 Å². The van der Waals surface area contributed by atoms with E-state index in [-0.39, 0.29) is 12.4 Å². The van der Waals surface area contributed by atoms with E-state index in [1.54, 1.807) is 6.07 Å². The van der Waals surface area contributed by atoms with Gasteiger partial charge in [-0.15, -0.1) is 12.4 Å². The zero-order valence-corrected chi connectivity index (χ0v) is 13.7. The van der Waals surface area contributed by atoms with Crippen molar-refractivity contribution in [3.8, 4) is 5.75 Å². The van der Waals surface area contributed by atoms with Crippen molar-refractivity contribution in [2.24, 2.45) is 5.41 Å². The first-order valence-corrected chi connectivity index (χ1v) is 7.73. The number of nitrogens with zero attached hydrogens (tertiary/aromatic N) is 1. The summed E-state index contributed by atoms with van der Waals surface area (Å²) < 4.78 is 42.1. The summed E-state index contributed by atoms with van der Waals surface area (Å²) in [4.78, 5) is 2.33. The van der Waals surface area contributed by atoms with Crippen molar-refractivity contribution in [2.45, 2.75) is 32.4 Å². The Balaban J connectivity index is 0.00000192. The second kappa shape index (κ2) is 7.73. The van der Waals surface area contributed by atoms with E-state index in [0.717, 1.165) is 31.7 Å². The molecule has 0 radical (unpaired) electrons. The van der Waals surface area contributed by atoms with Gasteiger partial charge in [-0.25, -0.2) is 4.39 Å². The molecule has 2 heterocycles. The summed E-state index contributed by atoms with van der Waals surface area (Å²) in [7, 11) is 0. The number of alkyl halides is 2. The maximum absolute atomic E-state index is 13.7. The first kappa shape index (κ1) is 18.4. The quantitative estimate of drug-likeness (QED) is 0.900. The van der Waals surface area contributed by atoms with Crippen molar-refractivity contribution < 1.29 is 17.9 Å². The molecule has 0 atom stereocenters. The largest absolute Gasteiger partial charge is 0.432 e. The van der Waals surface area contributed by atoms with Crippen LogP contribution in [0.25, 0.3) is 0 Å². The lowest BCUT2D eigenvalue weighted by Gasteiger charge is -2.33. The van der Waals surface area contributed by atoms with Crippen molar-refractivity contribution in [1.82, 2.24) is 10.2 Å². The summed E-state index contributed by atoms with van der Waals surface area (Å²) in [5, 5.41) is 3.39. The minimum absolute atomic E-state index is 0. The Morgan fingerprint density at radius 3 is 2.61 bits per heavy atom. The summed E-state index contributed by atoms with van der Waals surface area (Å²) in [6.45, 7) is 1.84. The molecule has 0 unspecified atom stereocenters. The average Bonchev–Trinajstić information content (AvgIpc) is 2.85. The Kier molecular flexibility index (Phi) is 6.17. The SMILES string of the molecule is Cl.Fc1cc(CN2CCC3(CCNCC3)C2)ccc1OC(F)F. The van der Waals surface area contributed by atoms with Gasteiger partial charge in [0, 0.05) is 13.1 Å². The maximum atomic E-state index is 13.7. The predicted octanol–water partition coefficient (Wildman–Crippen LogP) is 3.42. The molecule has 1 N–H and O–H groups in total. The summed E-state index contributed by atoms with van der Waals surface area (Å²) in [5.41, 5.74) is 1.20. The van der Waals surface area contributed by atoms with Crippen LogP contribution in [0.4, 0.5) is 13.2 Å². The first-order chi connectivity index (χ1) is 10.6. The highest BCUT2D eigenvalue weighted by Crippen LogP contribution is 2.39. The molecule has 0 aromatic heterocycles. The number of rotatable bonds is 4. The third kappa shape index (κ3) is 4.52. The van der Waals surface area contributed by atoms with Gasteiger partial charge in [-0.3, -0.25) is 4.90 Å². The Morgan fingerprint density at radius 1 is 1.22 bits per heavy atom. The highest BCUT2D eigenvalue weighted by atomic mass is 35.5. The van der Waals surface area contributed by atoms with Gasteiger partial charge in [-0.2, -0.15) is 8.78 Å². The third-order valence-electron chi connectivity index (χ3n) is 4.80. The van der Waals surface area contributed by atoms with Crippen LogP contribution in [0.15, 0.2) is 18.2 Å². The van der Waals surface area contributed by atoms with Crippen molar-refractivity contribution >= 4 is 12.4 Å². The van der Waals surface area contributed by atoms with Crippen molar-refractivity contribution in [2.75, 3.05) is 26.2 Å². The molecular formula is C16H22ClF3N2O. The van der Waals surface area contributed by atoms with Crippen LogP contribution in [-0.2, 0) is 6.54 Å². The number of hydrogen-bond acceptors (Lipinski definition) is 3. The standard InChI is InChI=1S/C16H21F3N2O.ClH/c17-13-9-12(1-2-14(13)22-15(18)19)10-21-8-5-16(11-21)3-6-20-7-4-16;/h1-2,9,15,20H,3-8,10-11H2;1H. The van der Waals surface area contributed by atoms with E-state index >= 15 is 0 Å². The summed E-state index contributed by atoms with van der Waals surface area (Å²) in [6.07, 6.45) is 3.57. The van der Waals surface area contributed by atoms with Crippen LogP contribution in [0.5, 0.6) is 5.75 Å². The number of nitrogens with one attached hydrogen (secondary N) is 1. The Morgan fingerprint density at radius 2 is 1.96 bits per heavy atom. The lowest BCUT2D eigenvalue weighted by Crippen LogP contribution is -2.38. The van der Waals surface area contributed by atoms with Gasteiger partial charge >= 0.3 is 6.61 Å². The molecule has 130 valence electrons. The Labute approximate surface area is 140 Å². The first-order valence-electron chi connectivity index (χ1n) is 7.73. The van der Waals surface area contributed by atoms with Gasteiger partial charge in [0.15, 0.2) is 11.6 Å². The van der Waals surface area contributed by atoms with E-state index in [4.69, 9.17) is 0 Å². The highest BCUT2D eigenvalue weighted by molar-refractivity contribution is 5.85. The van der Waals surface area contributed by atoms with Crippen LogP contribution in [0.3, 0.4) is 0 Å². The molecule has 2 aliphatic rings. The Bertz CT molecular complexity index is 524. The van der Waals surface area contributed by atoms with Crippen LogP contribution in [0.1, 0.15) is 24.8 Å². The number of ether oxygens (including phenoxy) is 1. The van der Waals surface area contributed by atoms with E-state index in [9.17, 15) is 13.2 Å². The van der Waals surface area contributed by atoms with Crippen LogP contribution >= 0.6 is 12.4 Å². The average molecular weight is 351 g/mol. The van der Waals surface area contributed by atoms with Crippen molar-refractivity contribution in [1.29, 1.82) is 0 Å². The molecule has 0 saturated carbocycles. The van der Waals surface area contributed by atoms with Crippen molar-refractivity contribution in [3.05, 3.63) is 29.6 Å². The van der Waals surface area contributed by atoms with E-state index < -0.39 is 18.2 Å². The lowest BCUT2D eigenvalue weighted by atomic mass is 9.78. The van der Waals surface area contributed by atoms with Gasteiger partial charge < -0.3 is 10.1 Å². The van der Waals surface area contributed by atoms with Crippen LogP contribution < -0.4 is 10.1 Å². The molecule has 0 bridgehead atoms. The molecule has 1 aromatic rings. The zero-order chi connectivity index (χ0) is 15.6.